The molecular weight excluding hydrogens is 219 g/mol. The van der Waals surface area contributed by atoms with Crippen LogP contribution < -0.4 is 0 Å². The summed E-state index contributed by atoms with van der Waals surface area (Å²) in [5, 5.41) is 0. The molecule has 0 spiro atoms. The molecule has 1 aromatic rings. The zero-order chi connectivity index (χ0) is 11.7. The third kappa shape index (κ3) is 2.14. The fraction of sp³-hybridized carbons (Fsp3) is 0.222. The Morgan fingerprint density at radius 2 is 1.67 bits per heavy atom. The normalized spacial score (nSPS) is 12.6. The summed E-state index contributed by atoms with van der Waals surface area (Å²) in [6.45, 7) is 0. The van der Waals surface area contributed by atoms with E-state index in [-0.39, 0.29) is 5.56 Å². The third-order valence-corrected chi connectivity index (χ3v) is 1.70. The lowest BCUT2D eigenvalue weighted by atomic mass is 10.1. The summed E-state index contributed by atoms with van der Waals surface area (Å²) in [5.74, 6) is -4.96. The van der Waals surface area contributed by atoms with E-state index < -0.39 is 17.7 Å². The van der Waals surface area contributed by atoms with Crippen LogP contribution in [-0.4, -0.2) is 12.5 Å². The van der Waals surface area contributed by atoms with Gasteiger partial charge in [-0.2, -0.15) is 22.0 Å². The highest BCUT2D eigenvalue weighted by molar-refractivity contribution is 5.75. The number of alkyl halides is 5. The van der Waals surface area contributed by atoms with Crippen molar-refractivity contribution in [3.05, 3.63) is 35.4 Å². The predicted octanol–water partition coefficient (Wildman–Crippen LogP) is 2.80. The van der Waals surface area contributed by atoms with Crippen molar-refractivity contribution in [1.82, 2.24) is 0 Å². The molecule has 0 aliphatic heterocycles. The largest absolute Gasteiger partial charge is 0.458 e. The second kappa shape index (κ2) is 3.60. The Bertz CT molecular complexity index is 369. The minimum atomic E-state index is -5.67. The number of rotatable bonds is 2. The molecule has 0 amide bonds. The maximum Gasteiger partial charge on any atom is 0.458 e. The number of hydrogen-bond acceptors (Lipinski definition) is 1. The van der Waals surface area contributed by atoms with Gasteiger partial charge in [-0.05, 0) is 6.07 Å². The molecule has 81 valence electrons. The Morgan fingerprint density at radius 3 is 2.13 bits per heavy atom. The SMILES string of the molecule is O=[C]c1cccc(C(F)(F)C(F)(F)F)c1. The van der Waals surface area contributed by atoms with Gasteiger partial charge in [-0.25, -0.2) is 0 Å². The second-order valence-corrected chi connectivity index (χ2v) is 2.76. The van der Waals surface area contributed by atoms with Crippen LogP contribution in [0.1, 0.15) is 11.1 Å². The van der Waals surface area contributed by atoms with Crippen molar-refractivity contribution in [2.75, 3.05) is 0 Å². The first-order chi connectivity index (χ1) is 6.79. The summed E-state index contributed by atoms with van der Waals surface area (Å²) in [7, 11) is 0. The molecule has 0 aromatic heterocycles. The Balaban J connectivity index is 3.21. The molecule has 0 unspecified atom stereocenters. The van der Waals surface area contributed by atoms with Crippen LogP contribution in [0.5, 0.6) is 0 Å². The van der Waals surface area contributed by atoms with Gasteiger partial charge in [0.2, 0.25) is 6.29 Å². The average Bonchev–Trinajstić information content (AvgIpc) is 2.16. The van der Waals surface area contributed by atoms with E-state index in [0.29, 0.717) is 12.1 Å². The van der Waals surface area contributed by atoms with Gasteiger partial charge in [0.1, 0.15) is 0 Å². The van der Waals surface area contributed by atoms with Gasteiger partial charge >= 0.3 is 12.1 Å². The van der Waals surface area contributed by atoms with Gasteiger partial charge in [-0.1, -0.05) is 18.2 Å². The number of carbonyl (C=O) groups excluding carboxylic acids is 1. The molecule has 0 heterocycles. The highest BCUT2D eigenvalue weighted by Crippen LogP contribution is 2.43. The van der Waals surface area contributed by atoms with Gasteiger partial charge in [-0.15, -0.1) is 0 Å². The van der Waals surface area contributed by atoms with E-state index in [4.69, 9.17) is 0 Å². The lowest BCUT2D eigenvalue weighted by Gasteiger charge is -2.19. The van der Waals surface area contributed by atoms with Gasteiger partial charge in [0.05, 0.1) is 0 Å². The lowest BCUT2D eigenvalue weighted by molar-refractivity contribution is -0.289. The van der Waals surface area contributed by atoms with Gasteiger partial charge in [0.25, 0.3) is 0 Å². The Labute approximate surface area is 81.5 Å². The van der Waals surface area contributed by atoms with Gasteiger partial charge < -0.3 is 0 Å². The molecule has 0 aliphatic carbocycles. The molecule has 6 heteroatoms. The first-order valence-corrected chi connectivity index (χ1v) is 3.72. The van der Waals surface area contributed by atoms with E-state index in [0.717, 1.165) is 12.1 Å². The molecule has 15 heavy (non-hydrogen) atoms. The summed E-state index contributed by atoms with van der Waals surface area (Å²) in [6, 6.07) is 3.09. The zero-order valence-corrected chi connectivity index (χ0v) is 7.11. The van der Waals surface area contributed by atoms with Crippen LogP contribution in [0.4, 0.5) is 22.0 Å². The highest BCUT2D eigenvalue weighted by Gasteiger charge is 2.58. The molecule has 1 radical (unpaired) electrons. The molecule has 0 saturated carbocycles. The van der Waals surface area contributed by atoms with Crippen molar-refractivity contribution < 1.29 is 26.7 Å². The van der Waals surface area contributed by atoms with E-state index in [2.05, 4.69) is 0 Å². The maximum atomic E-state index is 12.7. The van der Waals surface area contributed by atoms with Crippen LogP contribution in [0.15, 0.2) is 24.3 Å². The monoisotopic (exact) mass is 223 g/mol. The molecule has 1 aromatic carbocycles. The van der Waals surface area contributed by atoms with Crippen molar-refractivity contribution in [3.63, 3.8) is 0 Å². The van der Waals surface area contributed by atoms with Crippen LogP contribution >= 0.6 is 0 Å². The first-order valence-electron chi connectivity index (χ1n) is 3.72. The van der Waals surface area contributed by atoms with Crippen LogP contribution in [0.3, 0.4) is 0 Å². The molecule has 0 aliphatic rings. The van der Waals surface area contributed by atoms with E-state index in [1.165, 1.54) is 6.29 Å². The molecule has 1 nitrogen and oxygen atoms in total. The Hall–Kier alpha value is -1.46. The summed E-state index contributed by atoms with van der Waals surface area (Å²) < 4.78 is 61.2. The summed E-state index contributed by atoms with van der Waals surface area (Å²) in [6.07, 6.45) is -4.43. The van der Waals surface area contributed by atoms with E-state index in [9.17, 15) is 26.7 Å². The smallest absolute Gasteiger partial charge is 0.285 e. The lowest BCUT2D eigenvalue weighted by Crippen LogP contribution is -2.33. The molecule has 0 saturated heterocycles. The second-order valence-electron chi connectivity index (χ2n) is 2.76. The van der Waals surface area contributed by atoms with Crippen LogP contribution in [-0.2, 0) is 10.7 Å². The number of hydrogen-bond donors (Lipinski definition) is 0. The first kappa shape index (κ1) is 11.6. The van der Waals surface area contributed by atoms with Crippen LogP contribution in [0.25, 0.3) is 0 Å². The Kier molecular flexibility index (Phi) is 2.79. The summed E-state index contributed by atoms with van der Waals surface area (Å²) >= 11 is 0. The van der Waals surface area contributed by atoms with Crippen LogP contribution in [0, 0.1) is 0 Å². The molecule has 0 N–H and O–H groups in total. The van der Waals surface area contributed by atoms with E-state index >= 15 is 0 Å². The minimum absolute atomic E-state index is 0.351. The topological polar surface area (TPSA) is 17.1 Å². The van der Waals surface area contributed by atoms with Crippen molar-refractivity contribution in [1.29, 1.82) is 0 Å². The number of halogens is 5. The fourth-order valence-corrected chi connectivity index (χ4v) is 0.942. The zero-order valence-electron chi connectivity index (χ0n) is 7.11. The van der Waals surface area contributed by atoms with Crippen molar-refractivity contribution >= 4 is 6.29 Å². The highest BCUT2D eigenvalue weighted by atomic mass is 19.4. The van der Waals surface area contributed by atoms with Crippen molar-refractivity contribution in [2.24, 2.45) is 0 Å². The predicted molar refractivity (Wildman–Crippen MR) is 41.2 cm³/mol. The minimum Gasteiger partial charge on any atom is -0.285 e. The van der Waals surface area contributed by atoms with Gasteiger partial charge in [0.15, 0.2) is 0 Å². The molecular formula is C9H4F5O. The summed E-state index contributed by atoms with van der Waals surface area (Å²) in [5.41, 5.74) is -1.62. The van der Waals surface area contributed by atoms with E-state index in [1.807, 2.05) is 0 Å². The average molecular weight is 223 g/mol. The maximum absolute atomic E-state index is 12.7. The Morgan fingerprint density at radius 1 is 1.07 bits per heavy atom. The van der Waals surface area contributed by atoms with E-state index in [1.54, 1.807) is 0 Å². The van der Waals surface area contributed by atoms with Crippen molar-refractivity contribution in [3.8, 4) is 0 Å². The molecule has 0 bridgehead atoms. The standard InChI is InChI=1S/C9H4F5O/c10-8(11,9(12,13)14)7-3-1-2-6(4-7)5-15/h1-4H. The van der Waals surface area contributed by atoms with Crippen LogP contribution in [0.2, 0.25) is 0 Å². The molecule has 0 atom stereocenters. The fourth-order valence-electron chi connectivity index (χ4n) is 0.942. The summed E-state index contributed by atoms with van der Waals surface area (Å²) in [4.78, 5) is 10.1. The molecule has 0 fully saturated rings. The van der Waals surface area contributed by atoms with Gasteiger partial charge in [0, 0.05) is 11.1 Å². The van der Waals surface area contributed by atoms with Crippen molar-refractivity contribution in [2.45, 2.75) is 12.1 Å². The number of benzene rings is 1. The third-order valence-electron chi connectivity index (χ3n) is 1.70. The quantitative estimate of drug-likeness (QED) is 0.704. The van der Waals surface area contributed by atoms with Gasteiger partial charge in [-0.3, -0.25) is 4.79 Å². The molecule has 1 rings (SSSR count).